The van der Waals surface area contributed by atoms with E-state index < -0.39 is 0 Å². The molecule has 3 atom stereocenters. The van der Waals surface area contributed by atoms with Crippen molar-refractivity contribution in [3.8, 4) is 5.75 Å². The number of fused-ring (bicyclic) bond motifs is 2. The number of phenolic OH excluding ortho intramolecular Hbond substituents is 1. The highest BCUT2D eigenvalue weighted by atomic mass is 16.3. The minimum atomic E-state index is 0.299. The van der Waals surface area contributed by atoms with Crippen LogP contribution in [0.3, 0.4) is 0 Å². The topological polar surface area (TPSA) is 40.5 Å². The van der Waals surface area contributed by atoms with Crippen LogP contribution in [0.5, 0.6) is 5.75 Å². The second kappa shape index (κ2) is 5.45. The maximum Gasteiger partial charge on any atom is 0.226 e. The van der Waals surface area contributed by atoms with Crippen molar-refractivity contribution in [3.63, 3.8) is 0 Å². The van der Waals surface area contributed by atoms with Gasteiger partial charge in [0.25, 0.3) is 0 Å². The molecular formula is C19H23NO2. The molecule has 0 radical (unpaired) electrons. The van der Waals surface area contributed by atoms with Crippen molar-refractivity contribution in [2.75, 3.05) is 13.1 Å². The largest absolute Gasteiger partial charge is 0.508 e. The zero-order chi connectivity index (χ0) is 15.1. The number of nitrogens with zero attached hydrogens (tertiary/aromatic N) is 1. The summed E-state index contributed by atoms with van der Waals surface area (Å²) in [5.41, 5.74) is 2.45. The van der Waals surface area contributed by atoms with Crippen LogP contribution in [0.4, 0.5) is 0 Å². The van der Waals surface area contributed by atoms with E-state index in [2.05, 4.69) is 11.0 Å². The monoisotopic (exact) mass is 297 g/mol. The molecule has 1 amide bonds. The zero-order valence-electron chi connectivity index (χ0n) is 12.9. The van der Waals surface area contributed by atoms with Gasteiger partial charge in [-0.1, -0.05) is 24.6 Å². The fraction of sp³-hybridized carbons (Fsp3) is 0.526. The number of carbonyl (C=O) groups excluding carboxylic acids is 1. The van der Waals surface area contributed by atoms with Crippen molar-refractivity contribution in [2.45, 2.75) is 32.1 Å². The lowest BCUT2D eigenvalue weighted by Crippen LogP contribution is -2.40. The summed E-state index contributed by atoms with van der Waals surface area (Å²) < 4.78 is 0. The van der Waals surface area contributed by atoms with Crippen molar-refractivity contribution in [2.24, 2.45) is 17.8 Å². The molecule has 3 nitrogen and oxygen atoms in total. The Bertz CT molecular complexity index is 604. The fourth-order valence-corrected chi connectivity index (χ4v) is 4.59. The van der Waals surface area contributed by atoms with Gasteiger partial charge in [0.2, 0.25) is 5.91 Å². The Morgan fingerprint density at radius 1 is 1.14 bits per heavy atom. The Morgan fingerprint density at radius 3 is 2.55 bits per heavy atom. The molecule has 0 aromatic heterocycles. The predicted octanol–water partition coefficient (Wildman–Crippen LogP) is 3.44. The minimum absolute atomic E-state index is 0.299. The highest BCUT2D eigenvalue weighted by Gasteiger charge is 2.44. The maximum atomic E-state index is 12.7. The number of benzene rings is 1. The first-order chi connectivity index (χ1) is 10.7. The molecule has 3 aliphatic rings. The Kier molecular flexibility index (Phi) is 3.44. The van der Waals surface area contributed by atoms with Crippen LogP contribution in [-0.4, -0.2) is 29.0 Å². The second-order valence-electron chi connectivity index (χ2n) is 7.09. The van der Waals surface area contributed by atoms with Gasteiger partial charge >= 0.3 is 0 Å². The normalized spacial score (nSPS) is 30.5. The lowest BCUT2D eigenvalue weighted by atomic mass is 9.87. The summed E-state index contributed by atoms with van der Waals surface area (Å²) in [6.07, 6.45) is 8.13. The summed E-state index contributed by atoms with van der Waals surface area (Å²) in [5.74, 6) is 2.50. The van der Waals surface area contributed by atoms with E-state index in [1.807, 2.05) is 12.1 Å². The standard InChI is InChI=1S/C19H23NO2/c21-17-5-3-14(4-6-17)15-7-9-20(10-8-15)19(22)18-12-13-1-2-16(18)11-13/h3-7,13,16,18,21H,1-2,8-12H2. The van der Waals surface area contributed by atoms with Gasteiger partial charge in [0.1, 0.15) is 5.75 Å². The first kappa shape index (κ1) is 13.9. The first-order valence-corrected chi connectivity index (χ1v) is 8.48. The highest BCUT2D eigenvalue weighted by molar-refractivity contribution is 5.81. The molecule has 2 bridgehead atoms. The summed E-state index contributed by atoms with van der Waals surface area (Å²) in [5, 5.41) is 9.37. The number of amides is 1. The lowest BCUT2D eigenvalue weighted by molar-refractivity contribution is -0.136. The number of aromatic hydroxyl groups is 1. The van der Waals surface area contributed by atoms with Crippen molar-refractivity contribution in [1.82, 2.24) is 4.90 Å². The molecule has 22 heavy (non-hydrogen) atoms. The van der Waals surface area contributed by atoms with E-state index >= 15 is 0 Å². The molecule has 1 aromatic carbocycles. The van der Waals surface area contributed by atoms with Gasteiger partial charge in [0.05, 0.1) is 0 Å². The summed E-state index contributed by atoms with van der Waals surface area (Å²) >= 11 is 0. The number of rotatable bonds is 2. The Labute approximate surface area is 131 Å². The molecular weight excluding hydrogens is 274 g/mol. The van der Waals surface area contributed by atoms with Crippen molar-refractivity contribution < 1.29 is 9.90 Å². The van der Waals surface area contributed by atoms with Crippen LogP contribution in [0.25, 0.3) is 5.57 Å². The van der Waals surface area contributed by atoms with Crippen LogP contribution < -0.4 is 0 Å². The van der Waals surface area contributed by atoms with Gasteiger partial charge in [-0.3, -0.25) is 4.79 Å². The van der Waals surface area contributed by atoms with E-state index in [9.17, 15) is 9.90 Å². The molecule has 3 unspecified atom stereocenters. The average Bonchev–Trinajstić information content (AvgIpc) is 3.18. The Balaban J connectivity index is 1.42. The van der Waals surface area contributed by atoms with E-state index in [0.717, 1.165) is 37.4 Å². The molecule has 1 aliphatic heterocycles. The summed E-state index contributed by atoms with van der Waals surface area (Å²) in [4.78, 5) is 14.8. The fourth-order valence-electron chi connectivity index (χ4n) is 4.59. The SMILES string of the molecule is O=C(C1CC2CCC1C2)N1CC=C(c2ccc(O)cc2)CC1. The molecule has 3 heteroatoms. The third-order valence-corrected chi connectivity index (χ3v) is 5.81. The second-order valence-corrected chi connectivity index (χ2v) is 7.09. The smallest absolute Gasteiger partial charge is 0.226 e. The first-order valence-electron chi connectivity index (χ1n) is 8.48. The van der Waals surface area contributed by atoms with E-state index in [-0.39, 0.29) is 0 Å². The zero-order valence-corrected chi connectivity index (χ0v) is 12.9. The van der Waals surface area contributed by atoms with Crippen LogP contribution in [0.1, 0.15) is 37.7 Å². The van der Waals surface area contributed by atoms with Gasteiger partial charge in [-0.15, -0.1) is 0 Å². The molecule has 4 rings (SSSR count). The molecule has 2 aliphatic carbocycles. The van der Waals surface area contributed by atoms with Crippen molar-refractivity contribution >= 4 is 11.5 Å². The van der Waals surface area contributed by atoms with Gasteiger partial charge in [-0.25, -0.2) is 0 Å². The van der Waals surface area contributed by atoms with Crippen LogP contribution in [0.15, 0.2) is 30.3 Å². The maximum absolute atomic E-state index is 12.7. The number of hydrogen-bond acceptors (Lipinski definition) is 2. The van der Waals surface area contributed by atoms with E-state index in [4.69, 9.17) is 0 Å². The molecule has 1 N–H and O–H groups in total. The van der Waals surface area contributed by atoms with Gasteiger partial charge < -0.3 is 10.0 Å². The Hall–Kier alpha value is -1.77. The third kappa shape index (κ3) is 2.43. The van der Waals surface area contributed by atoms with Crippen LogP contribution in [0.2, 0.25) is 0 Å². The summed E-state index contributed by atoms with van der Waals surface area (Å²) in [7, 11) is 0. The highest BCUT2D eigenvalue weighted by Crippen LogP contribution is 2.49. The van der Waals surface area contributed by atoms with Crippen LogP contribution in [0, 0.1) is 17.8 Å². The van der Waals surface area contributed by atoms with E-state index in [0.29, 0.717) is 23.5 Å². The van der Waals surface area contributed by atoms with Gasteiger partial charge in [-0.05, 0) is 60.8 Å². The molecule has 1 heterocycles. The molecule has 0 saturated heterocycles. The molecule has 2 fully saturated rings. The third-order valence-electron chi connectivity index (χ3n) is 5.81. The molecule has 0 spiro atoms. The molecule has 1 aromatic rings. The quantitative estimate of drug-likeness (QED) is 0.908. The van der Waals surface area contributed by atoms with Gasteiger partial charge in [-0.2, -0.15) is 0 Å². The number of phenols is 1. The van der Waals surface area contributed by atoms with E-state index in [1.54, 1.807) is 12.1 Å². The minimum Gasteiger partial charge on any atom is -0.508 e. The van der Waals surface area contributed by atoms with Gasteiger partial charge in [0, 0.05) is 19.0 Å². The van der Waals surface area contributed by atoms with Crippen LogP contribution >= 0.6 is 0 Å². The van der Waals surface area contributed by atoms with Crippen molar-refractivity contribution in [1.29, 1.82) is 0 Å². The number of carbonyl (C=O) groups is 1. The summed E-state index contributed by atoms with van der Waals surface area (Å²) in [6, 6.07) is 7.36. The van der Waals surface area contributed by atoms with Crippen LogP contribution in [-0.2, 0) is 4.79 Å². The predicted molar refractivity (Wildman–Crippen MR) is 86.2 cm³/mol. The van der Waals surface area contributed by atoms with E-state index in [1.165, 1.54) is 24.8 Å². The molecule has 2 saturated carbocycles. The van der Waals surface area contributed by atoms with Crippen molar-refractivity contribution in [3.05, 3.63) is 35.9 Å². The average molecular weight is 297 g/mol. The summed E-state index contributed by atoms with van der Waals surface area (Å²) in [6.45, 7) is 1.57. The van der Waals surface area contributed by atoms with Gasteiger partial charge in [0.15, 0.2) is 0 Å². The Morgan fingerprint density at radius 2 is 1.95 bits per heavy atom. The lowest BCUT2D eigenvalue weighted by Gasteiger charge is -2.31. The number of hydrogen-bond donors (Lipinski definition) is 1. The molecule has 116 valence electrons.